The van der Waals surface area contributed by atoms with Crippen molar-refractivity contribution in [2.45, 2.75) is 37.2 Å². The molecule has 25 heavy (non-hydrogen) atoms. The Morgan fingerprint density at radius 1 is 1.16 bits per heavy atom. The van der Waals surface area contributed by atoms with Crippen molar-refractivity contribution >= 4 is 17.7 Å². The van der Waals surface area contributed by atoms with E-state index in [9.17, 15) is 9.90 Å². The van der Waals surface area contributed by atoms with E-state index in [-0.39, 0.29) is 11.3 Å². The maximum absolute atomic E-state index is 12.7. The van der Waals surface area contributed by atoms with Crippen molar-refractivity contribution in [1.82, 2.24) is 9.88 Å². The molecule has 0 bridgehead atoms. The average molecular weight is 356 g/mol. The summed E-state index contributed by atoms with van der Waals surface area (Å²) in [6.45, 7) is 6.74. The summed E-state index contributed by atoms with van der Waals surface area (Å²) < 4.78 is 0. The second-order valence-electron chi connectivity index (χ2n) is 7.47. The van der Waals surface area contributed by atoms with Gasteiger partial charge in [-0.25, -0.2) is 4.98 Å². The summed E-state index contributed by atoms with van der Waals surface area (Å²) in [7, 11) is 0. The molecule has 1 saturated heterocycles. The first-order valence-electron chi connectivity index (χ1n) is 8.43. The predicted molar refractivity (Wildman–Crippen MR) is 101 cm³/mol. The molecule has 1 amide bonds. The number of carbonyl (C=O) groups is 1. The molecule has 0 spiro atoms. The minimum Gasteiger partial charge on any atom is -0.388 e. The zero-order chi connectivity index (χ0) is 18.1. The number of rotatable bonds is 4. The van der Waals surface area contributed by atoms with Crippen molar-refractivity contribution in [2.24, 2.45) is 5.41 Å². The van der Waals surface area contributed by atoms with E-state index in [1.807, 2.05) is 56.3 Å². The van der Waals surface area contributed by atoms with Crippen LogP contribution in [0.2, 0.25) is 0 Å². The molecular formula is C20H24N2O2S. The van der Waals surface area contributed by atoms with Crippen molar-refractivity contribution in [2.75, 3.05) is 13.1 Å². The molecule has 132 valence electrons. The van der Waals surface area contributed by atoms with Gasteiger partial charge in [0.1, 0.15) is 0 Å². The van der Waals surface area contributed by atoms with Crippen LogP contribution in [0.4, 0.5) is 0 Å². The summed E-state index contributed by atoms with van der Waals surface area (Å²) in [5, 5.41) is 11.5. The van der Waals surface area contributed by atoms with E-state index in [0.717, 1.165) is 16.3 Å². The van der Waals surface area contributed by atoms with Gasteiger partial charge in [0, 0.05) is 29.5 Å². The first-order valence-corrected chi connectivity index (χ1v) is 9.41. The molecule has 1 atom stereocenters. The van der Waals surface area contributed by atoms with Crippen molar-refractivity contribution in [3.63, 3.8) is 0 Å². The maximum Gasteiger partial charge on any atom is 0.253 e. The highest BCUT2D eigenvalue weighted by molar-refractivity contribution is 7.98. The number of nitrogens with zero attached hydrogens (tertiary/aromatic N) is 2. The fraction of sp³-hybridized carbons (Fsp3) is 0.400. The van der Waals surface area contributed by atoms with Crippen molar-refractivity contribution in [1.29, 1.82) is 0 Å². The molecule has 2 aromatic rings. The Labute approximate surface area is 153 Å². The van der Waals surface area contributed by atoms with Gasteiger partial charge in [-0.05, 0) is 36.8 Å². The Hall–Kier alpha value is -1.85. The van der Waals surface area contributed by atoms with Crippen molar-refractivity contribution < 1.29 is 9.90 Å². The summed E-state index contributed by atoms with van der Waals surface area (Å²) in [6, 6.07) is 13.6. The second-order valence-corrected chi connectivity index (χ2v) is 8.47. The number of aliphatic hydroxyl groups is 1. The van der Waals surface area contributed by atoms with Crippen LogP contribution in [-0.4, -0.2) is 39.6 Å². The van der Waals surface area contributed by atoms with Crippen LogP contribution >= 0.6 is 11.8 Å². The lowest BCUT2D eigenvalue weighted by atomic mass is 9.79. The lowest BCUT2D eigenvalue weighted by Crippen LogP contribution is -2.40. The van der Waals surface area contributed by atoms with Gasteiger partial charge in [0.2, 0.25) is 0 Å². The number of hydrogen-bond acceptors (Lipinski definition) is 4. The molecule has 1 aromatic carbocycles. The number of amides is 1. The van der Waals surface area contributed by atoms with Gasteiger partial charge in [0.15, 0.2) is 0 Å². The minimum atomic E-state index is -0.859. The number of thioether (sulfide) groups is 1. The third kappa shape index (κ3) is 3.88. The molecule has 2 heterocycles. The Morgan fingerprint density at radius 2 is 1.88 bits per heavy atom. The number of likely N-dealkylation sites (tertiary alicyclic amines) is 1. The Morgan fingerprint density at radius 3 is 2.44 bits per heavy atom. The molecule has 3 rings (SSSR count). The third-order valence-electron chi connectivity index (χ3n) is 5.06. The van der Waals surface area contributed by atoms with Gasteiger partial charge in [-0.3, -0.25) is 4.79 Å². The summed E-state index contributed by atoms with van der Waals surface area (Å²) in [4.78, 5) is 18.8. The van der Waals surface area contributed by atoms with Crippen LogP contribution in [0.15, 0.2) is 53.7 Å². The van der Waals surface area contributed by atoms with Crippen LogP contribution in [0.3, 0.4) is 0 Å². The summed E-state index contributed by atoms with van der Waals surface area (Å²) in [5.41, 5.74) is 0.658. The van der Waals surface area contributed by atoms with E-state index in [1.54, 1.807) is 29.8 Å². The van der Waals surface area contributed by atoms with Crippen LogP contribution in [-0.2, 0) is 5.75 Å². The fourth-order valence-corrected chi connectivity index (χ4v) is 3.77. The molecule has 5 heteroatoms. The molecule has 0 radical (unpaired) electrons. The first kappa shape index (κ1) is 18.0. The number of carbonyl (C=O) groups excluding carboxylic acids is 1. The monoisotopic (exact) mass is 356 g/mol. The summed E-state index contributed by atoms with van der Waals surface area (Å²) >= 11 is 1.67. The van der Waals surface area contributed by atoms with Gasteiger partial charge in [0.05, 0.1) is 17.2 Å². The molecule has 0 saturated carbocycles. The molecular weight excluding hydrogens is 332 g/mol. The highest BCUT2D eigenvalue weighted by atomic mass is 32.2. The lowest BCUT2D eigenvalue weighted by molar-refractivity contribution is -0.0108. The Kier molecular flexibility index (Phi) is 4.89. The Balaban J connectivity index is 1.63. The van der Waals surface area contributed by atoms with Gasteiger partial charge < -0.3 is 10.0 Å². The number of β-amino-alcohol motifs (C(OH)–C–C–N with tert-alkyl or cyclic N) is 1. The van der Waals surface area contributed by atoms with Crippen LogP contribution in [0, 0.1) is 5.41 Å². The smallest absolute Gasteiger partial charge is 0.253 e. The molecule has 1 N–H and O–H groups in total. The van der Waals surface area contributed by atoms with E-state index in [4.69, 9.17) is 0 Å². The normalized spacial score (nSPS) is 22.2. The highest BCUT2D eigenvalue weighted by Crippen LogP contribution is 2.38. The largest absolute Gasteiger partial charge is 0.388 e. The molecule has 0 unspecified atom stereocenters. The second kappa shape index (κ2) is 6.81. The van der Waals surface area contributed by atoms with E-state index in [0.29, 0.717) is 18.7 Å². The molecule has 1 fully saturated rings. The standard InChI is InChI=1S/C20H24N2O2S/c1-19(2)13-22(14-20(19,3)24)18(23)16-9-7-15(8-10-16)12-25-17-6-4-5-11-21-17/h4-11,24H,12-14H2,1-3H3/t20-/m1/s1. The van der Waals surface area contributed by atoms with E-state index in [1.165, 1.54) is 0 Å². The number of pyridine rings is 1. The quantitative estimate of drug-likeness (QED) is 0.851. The molecule has 1 aliphatic heterocycles. The zero-order valence-corrected chi connectivity index (χ0v) is 15.7. The summed E-state index contributed by atoms with van der Waals surface area (Å²) in [6.07, 6.45) is 1.79. The number of hydrogen-bond donors (Lipinski definition) is 1. The van der Waals surface area contributed by atoms with Crippen LogP contribution in [0.1, 0.15) is 36.7 Å². The Bertz CT molecular complexity index is 726. The minimum absolute atomic E-state index is 0.0187. The number of aromatic nitrogens is 1. The average Bonchev–Trinajstić information content (AvgIpc) is 2.81. The maximum atomic E-state index is 12.7. The third-order valence-corrected chi connectivity index (χ3v) is 6.07. The van der Waals surface area contributed by atoms with Crippen LogP contribution in [0.5, 0.6) is 0 Å². The topological polar surface area (TPSA) is 53.4 Å². The van der Waals surface area contributed by atoms with Crippen molar-refractivity contribution in [3.05, 3.63) is 59.8 Å². The molecule has 4 nitrogen and oxygen atoms in total. The van der Waals surface area contributed by atoms with Gasteiger partial charge in [-0.2, -0.15) is 0 Å². The molecule has 1 aromatic heterocycles. The predicted octanol–water partition coefficient (Wildman–Crippen LogP) is 3.61. The first-order chi connectivity index (χ1) is 11.8. The fourth-order valence-electron chi connectivity index (χ4n) is 2.95. The van der Waals surface area contributed by atoms with Crippen molar-refractivity contribution in [3.8, 4) is 0 Å². The van der Waals surface area contributed by atoms with Gasteiger partial charge in [-0.1, -0.05) is 32.0 Å². The van der Waals surface area contributed by atoms with E-state index < -0.39 is 5.60 Å². The lowest BCUT2D eigenvalue weighted by Gasteiger charge is -2.30. The van der Waals surface area contributed by atoms with Gasteiger partial charge in [0.25, 0.3) is 5.91 Å². The van der Waals surface area contributed by atoms with E-state index in [2.05, 4.69) is 4.98 Å². The molecule has 0 aliphatic carbocycles. The highest BCUT2D eigenvalue weighted by Gasteiger charge is 2.49. The number of benzene rings is 1. The zero-order valence-electron chi connectivity index (χ0n) is 14.9. The summed E-state index contributed by atoms with van der Waals surface area (Å²) in [5.74, 6) is 0.798. The SMILES string of the molecule is CC1(C)CN(C(=O)c2ccc(CSc3ccccn3)cc2)C[C@@]1(C)O. The van der Waals surface area contributed by atoms with Crippen LogP contribution < -0.4 is 0 Å². The van der Waals surface area contributed by atoms with Crippen LogP contribution in [0.25, 0.3) is 0 Å². The van der Waals surface area contributed by atoms with Gasteiger partial charge in [-0.15, -0.1) is 11.8 Å². The van der Waals surface area contributed by atoms with E-state index >= 15 is 0 Å². The molecule has 1 aliphatic rings. The van der Waals surface area contributed by atoms with Gasteiger partial charge >= 0.3 is 0 Å².